The fourth-order valence-electron chi connectivity index (χ4n) is 2.46. The molecule has 1 aromatic heterocycles. The Balaban J connectivity index is 0.00000128. The van der Waals surface area contributed by atoms with Crippen LogP contribution >= 0.6 is 0 Å². The monoisotopic (exact) mass is 221 g/mol. The lowest BCUT2D eigenvalue weighted by molar-refractivity contribution is 0.357. The first-order valence-corrected chi connectivity index (χ1v) is 5.61. The van der Waals surface area contributed by atoms with Crippen LogP contribution < -0.4 is 10.6 Å². The van der Waals surface area contributed by atoms with Crippen LogP contribution in [0.1, 0.15) is 27.7 Å². The van der Waals surface area contributed by atoms with Crippen molar-refractivity contribution in [2.45, 2.75) is 27.7 Å². The van der Waals surface area contributed by atoms with Crippen LogP contribution in [0.15, 0.2) is 18.3 Å². The Labute approximate surface area is 98.7 Å². The summed E-state index contributed by atoms with van der Waals surface area (Å²) in [5.74, 6) is 2.13. The molecule has 0 saturated carbocycles. The number of aromatic nitrogens is 1. The van der Waals surface area contributed by atoms with Gasteiger partial charge in [-0.2, -0.15) is 0 Å². The number of nitrogens with zero attached hydrogens (tertiary/aromatic N) is 2. The molecule has 16 heavy (non-hydrogen) atoms. The highest BCUT2D eigenvalue weighted by Crippen LogP contribution is 2.25. The molecule has 2 rings (SSSR count). The van der Waals surface area contributed by atoms with Crippen LogP contribution in [0, 0.1) is 11.8 Å². The van der Waals surface area contributed by atoms with E-state index in [0.29, 0.717) is 5.82 Å². The number of hydrogen-bond acceptors (Lipinski definition) is 3. The standard InChI is InChI=1S/C12H19N3.CH4/c1-9-5-10(2)8-15(7-9)11-3-4-12(13)14-6-11;/h3-4,6,9-10H,5,7-8H2,1-2H3,(H2,13,14);1H4/t9-,10+;. The van der Waals surface area contributed by atoms with Crippen molar-refractivity contribution >= 4 is 11.5 Å². The van der Waals surface area contributed by atoms with Gasteiger partial charge in [0.05, 0.1) is 11.9 Å². The normalized spacial score (nSPS) is 25.0. The highest BCUT2D eigenvalue weighted by atomic mass is 15.1. The van der Waals surface area contributed by atoms with E-state index in [1.54, 1.807) is 0 Å². The van der Waals surface area contributed by atoms with E-state index in [9.17, 15) is 0 Å². The lowest BCUT2D eigenvalue weighted by atomic mass is 9.92. The highest BCUT2D eigenvalue weighted by Gasteiger charge is 2.21. The number of hydrogen-bond donors (Lipinski definition) is 1. The van der Waals surface area contributed by atoms with Crippen LogP contribution in [0.4, 0.5) is 11.5 Å². The number of nitrogens with two attached hydrogens (primary N) is 1. The predicted octanol–water partition coefficient (Wildman–Crippen LogP) is 2.78. The molecule has 0 spiro atoms. The summed E-state index contributed by atoms with van der Waals surface area (Å²) in [6.45, 7) is 6.90. The Morgan fingerprint density at radius 2 is 1.88 bits per heavy atom. The molecule has 0 bridgehead atoms. The molecule has 2 N–H and O–H groups in total. The summed E-state index contributed by atoms with van der Waals surface area (Å²) < 4.78 is 0. The molecular weight excluding hydrogens is 198 g/mol. The van der Waals surface area contributed by atoms with E-state index < -0.39 is 0 Å². The molecule has 0 radical (unpaired) electrons. The molecule has 1 aliphatic heterocycles. The van der Waals surface area contributed by atoms with Gasteiger partial charge in [0, 0.05) is 13.1 Å². The van der Waals surface area contributed by atoms with Crippen molar-refractivity contribution in [1.82, 2.24) is 4.98 Å². The van der Waals surface area contributed by atoms with Gasteiger partial charge < -0.3 is 10.6 Å². The molecule has 1 fully saturated rings. The van der Waals surface area contributed by atoms with Gasteiger partial charge in [-0.1, -0.05) is 21.3 Å². The van der Waals surface area contributed by atoms with E-state index in [4.69, 9.17) is 5.73 Å². The summed E-state index contributed by atoms with van der Waals surface area (Å²) >= 11 is 0. The van der Waals surface area contributed by atoms with E-state index in [2.05, 4.69) is 29.8 Å². The average Bonchev–Trinajstić information content (AvgIpc) is 2.17. The van der Waals surface area contributed by atoms with E-state index in [0.717, 1.165) is 24.9 Å². The smallest absolute Gasteiger partial charge is 0.123 e. The maximum Gasteiger partial charge on any atom is 0.123 e. The van der Waals surface area contributed by atoms with Crippen molar-refractivity contribution in [1.29, 1.82) is 0 Å². The minimum Gasteiger partial charge on any atom is -0.384 e. The third-order valence-corrected chi connectivity index (χ3v) is 3.00. The molecule has 0 aliphatic carbocycles. The van der Waals surface area contributed by atoms with Crippen LogP contribution in [-0.4, -0.2) is 18.1 Å². The third-order valence-electron chi connectivity index (χ3n) is 3.00. The van der Waals surface area contributed by atoms with Crippen molar-refractivity contribution in [2.24, 2.45) is 11.8 Å². The van der Waals surface area contributed by atoms with Gasteiger partial charge in [-0.3, -0.25) is 0 Å². The van der Waals surface area contributed by atoms with Crippen LogP contribution in [0.25, 0.3) is 0 Å². The predicted molar refractivity (Wildman–Crippen MR) is 70.5 cm³/mol. The molecule has 2 atom stereocenters. The zero-order valence-electron chi connectivity index (χ0n) is 9.48. The zero-order chi connectivity index (χ0) is 10.8. The fourth-order valence-corrected chi connectivity index (χ4v) is 2.46. The number of anilines is 2. The molecule has 1 saturated heterocycles. The van der Waals surface area contributed by atoms with Crippen LogP contribution in [0.3, 0.4) is 0 Å². The number of pyridine rings is 1. The molecule has 1 aromatic rings. The van der Waals surface area contributed by atoms with Gasteiger partial charge in [0.15, 0.2) is 0 Å². The fraction of sp³-hybridized carbons (Fsp3) is 0.615. The van der Waals surface area contributed by atoms with E-state index in [1.165, 1.54) is 12.1 Å². The van der Waals surface area contributed by atoms with Gasteiger partial charge in [-0.05, 0) is 30.4 Å². The Kier molecular flexibility index (Phi) is 4.16. The summed E-state index contributed by atoms with van der Waals surface area (Å²) in [7, 11) is 0. The number of nitrogen functional groups attached to an aromatic ring is 1. The van der Waals surface area contributed by atoms with Crippen LogP contribution in [0.2, 0.25) is 0 Å². The van der Waals surface area contributed by atoms with E-state index in [-0.39, 0.29) is 7.43 Å². The highest BCUT2D eigenvalue weighted by molar-refractivity contribution is 5.48. The van der Waals surface area contributed by atoms with E-state index >= 15 is 0 Å². The zero-order valence-corrected chi connectivity index (χ0v) is 9.48. The lowest BCUT2D eigenvalue weighted by Crippen LogP contribution is -2.38. The van der Waals surface area contributed by atoms with Gasteiger partial charge in [0.1, 0.15) is 5.82 Å². The third kappa shape index (κ3) is 2.87. The topological polar surface area (TPSA) is 42.1 Å². The molecule has 3 heteroatoms. The molecule has 0 amide bonds. The second-order valence-electron chi connectivity index (χ2n) is 4.79. The van der Waals surface area contributed by atoms with Gasteiger partial charge in [-0.25, -0.2) is 4.98 Å². The molecule has 2 heterocycles. The summed E-state index contributed by atoms with van der Waals surface area (Å²) in [6.07, 6.45) is 3.21. The van der Waals surface area contributed by atoms with Crippen molar-refractivity contribution in [3.05, 3.63) is 18.3 Å². The average molecular weight is 221 g/mol. The minimum atomic E-state index is 0. The SMILES string of the molecule is C.C[C@@H]1C[C@H](C)CN(c2ccc(N)nc2)C1. The molecule has 1 aliphatic rings. The molecule has 0 aromatic carbocycles. The van der Waals surface area contributed by atoms with Gasteiger partial charge >= 0.3 is 0 Å². The summed E-state index contributed by atoms with van der Waals surface area (Å²) in [5.41, 5.74) is 6.78. The first-order chi connectivity index (χ1) is 7.15. The quantitative estimate of drug-likeness (QED) is 0.793. The van der Waals surface area contributed by atoms with Crippen molar-refractivity contribution in [3.63, 3.8) is 0 Å². The summed E-state index contributed by atoms with van der Waals surface area (Å²) in [6, 6.07) is 3.94. The van der Waals surface area contributed by atoms with Crippen LogP contribution in [-0.2, 0) is 0 Å². The first-order valence-electron chi connectivity index (χ1n) is 5.61. The van der Waals surface area contributed by atoms with Gasteiger partial charge in [0.2, 0.25) is 0 Å². The summed E-state index contributed by atoms with van der Waals surface area (Å²) in [5, 5.41) is 0. The van der Waals surface area contributed by atoms with Gasteiger partial charge in [0.25, 0.3) is 0 Å². The second kappa shape index (κ2) is 5.19. The second-order valence-corrected chi connectivity index (χ2v) is 4.79. The molecule has 90 valence electrons. The Morgan fingerprint density at radius 1 is 1.25 bits per heavy atom. The maximum absolute atomic E-state index is 5.58. The minimum absolute atomic E-state index is 0. The Hall–Kier alpha value is -1.25. The van der Waals surface area contributed by atoms with Crippen molar-refractivity contribution in [3.8, 4) is 0 Å². The number of piperidine rings is 1. The number of rotatable bonds is 1. The van der Waals surface area contributed by atoms with Gasteiger partial charge in [-0.15, -0.1) is 0 Å². The molecule has 0 unspecified atom stereocenters. The summed E-state index contributed by atoms with van der Waals surface area (Å²) in [4.78, 5) is 6.55. The largest absolute Gasteiger partial charge is 0.384 e. The Bertz CT molecular complexity index is 310. The molecular formula is C13H23N3. The van der Waals surface area contributed by atoms with E-state index in [1.807, 2.05) is 12.3 Å². The van der Waals surface area contributed by atoms with Crippen LogP contribution in [0.5, 0.6) is 0 Å². The first kappa shape index (κ1) is 12.8. The van der Waals surface area contributed by atoms with Crippen molar-refractivity contribution in [2.75, 3.05) is 23.7 Å². The Morgan fingerprint density at radius 3 is 2.38 bits per heavy atom. The lowest BCUT2D eigenvalue weighted by Gasteiger charge is -2.36. The molecule has 3 nitrogen and oxygen atoms in total. The van der Waals surface area contributed by atoms with Crippen molar-refractivity contribution < 1.29 is 0 Å². The maximum atomic E-state index is 5.58.